The molecule has 0 saturated heterocycles. The second kappa shape index (κ2) is 4.95. The van der Waals surface area contributed by atoms with Crippen LogP contribution in [0.1, 0.15) is 35.4 Å². The van der Waals surface area contributed by atoms with Crippen LogP contribution in [0.4, 0.5) is 10.1 Å². The summed E-state index contributed by atoms with van der Waals surface area (Å²) < 4.78 is 13.4. The number of carbonyl (C=O) groups is 1. The van der Waals surface area contributed by atoms with Crippen LogP contribution in [-0.4, -0.2) is 5.91 Å². The quantitative estimate of drug-likeness (QED) is 0.794. The van der Waals surface area contributed by atoms with Gasteiger partial charge in [0.1, 0.15) is 5.82 Å². The zero-order chi connectivity index (χ0) is 15.2. The third kappa shape index (κ3) is 2.38. The van der Waals surface area contributed by atoms with Crippen molar-refractivity contribution in [3.63, 3.8) is 0 Å². The Bertz CT molecular complexity index is 726. The Balaban J connectivity index is 2.02. The first-order valence-electron chi connectivity index (χ1n) is 6.75. The third-order valence-corrected chi connectivity index (χ3v) is 5.02. The average molecular weight is 348 g/mol. The number of benzene rings is 2. The average Bonchev–Trinajstić information content (AvgIpc) is 2.68. The van der Waals surface area contributed by atoms with Crippen LogP contribution in [0.2, 0.25) is 0 Å². The lowest BCUT2D eigenvalue weighted by atomic mass is 9.85. The number of alkyl halides is 1. The SMILES string of the molecule is CC1(C)C(=O)Nc2ccc(C(Br)c3cccc(F)c3)cc21. The molecule has 0 aliphatic carbocycles. The van der Waals surface area contributed by atoms with E-state index >= 15 is 0 Å². The third-order valence-electron chi connectivity index (χ3n) is 3.97. The van der Waals surface area contributed by atoms with Crippen LogP contribution in [0.5, 0.6) is 0 Å². The molecule has 3 rings (SSSR count). The minimum Gasteiger partial charge on any atom is -0.325 e. The van der Waals surface area contributed by atoms with Gasteiger partial charge in [0.25, 0.3) is 0 Å². The molecule has 2 nitrogen and oxygen atoms in total. The first kappa shape index (κ1) is 14.3. The zero-order valence-electron chi connectivity index (χ0n) is 11.8. The molecule has 1 N–H and O–H groups in total. The molecule has 2 aromatic rings. The van der Waals surface area contributed by atoms with Gasteiger partial charge in [-0.1, -0.05) is 40.2 Å². The number of nitrogens with one attached hydrogen (secondary N) is 1. The lowest BCUT2D eigenvalue weighted by Crippen LogP contribution is -2.26. The van der Waals surface area contributed by atoms with E-state index in [0.717, 1.165) is 22.4 Å². The molecule has 0 bridgehead atoms. The van der Waals surface area contributed by atoms with Crippen LogP contribution in [0, 0.1) is 5.82 Å². The van der Waals surface area contributed by atoms with Gasteiger partial charge in [-0.25, -0.2) is 4.39 Å². The minimum atomic E-state index is -0.542. The minimum absolute atomic E-state index is 0.00604. The van der Waals surface area contributed by atoms with Crippen molar-refractivity contribution in [2.75, 3.05) is 5.32 Å². The molecule has 1 amide bonds. The van der Waals surface area contributed by atoms with Crippen molar-refractivity contribution in [1.82, 2.24) is 0 Å². The second-order valence-corrected chi connectivity index (χ2v) is 6.72. The normalized spacial score (nSPS) is 17.2. The van der Waals surface area contributed by atoms with Gasteiger partial charge in [-0.05, 0) is 48.7 Å². The Morgan fingerprint density at radius 2 is 1.86 bits per heavy atom. The van der Waals surface area contributed by atoms with Crippen LogP contribution in [0.15, 0.2) is 42.5 Å². The fourth-order valence-electron chi connectivity index (χ4n) is 2.60. The molecule has 1 aliphatic heterocycles. The van der Waals surface area contributed by atoms with Gasteiger partial charge in [-0.15, -0.1) is 0 Å². The summed E-state index contributed by atoms with van der Waals surface area (Å²) in [6, 6.07) is 12.4. The summed E-state index contributed by atoms with van der Waals surface area (Å²) in [7, 11) is 0. The molecule has 1 unspecified atom stereocenters. The highest BCUT2D eigenvalue weighted by Crippen LogP contribution is 2.41. The van der Waals surface area contributed by atoms with Crippen LogP contribution < -0.4 is 5.32 Å². The number of hydrogen-bond donors (Lipinski definition) is 1. The van der Waals surface area contributed by atoms with E-state index in [9.17, 15) is 9.18 Å². The molecule has 0 saturated carbocycles. The molecule has 21 heavy (non-hydrogen) atoms. The fourth-order valence-corrected chi connectivity index (χ4v) is 3.17. The van der Waals surface area contributed by atoms with Gasteiger partial charge in [-0.3, -0.25) is 4.79 Å². The van der Waals surface area contributed by atoms with Crippen LogP contribution in [0.3, 0.4) is 0 Å². The maximum atomic E-state index is 13.4. The summed E-state index contributed by atoms with van der Waals surface area (Å²) in [4.78, 5) is 11.9. The van der Waals surface area contributed by atoms with E-state index < -0.39 is 5.41 Å². The highest BCUT2D eigenvalue weighted by atomic mass is 79.9. The molecule has 4 heteroatoms. The van der Waals surface area contributed by atoms with Crippen LogP contribution in [-0.2, 0) is 10.2 Å². The van der Waals surface area contributed by atoms with E-state index in [1.165, 1.54) is 12.1 Å². The van der Waals surface area contributed by atoms with E-state index in [-0.39, 0.29) is 16.6 Å². The van der Waals surface area contributed by atoms with Crippen molar-refractivity contribution in [1.29, 1.82) is 0 Å². The topological polar surface area (TPSA) is 29.1 Å². The number of amides is 1. The van der Waals surface area contributed by atoms with Crippen LogP contribution in [0.25, 0.3) is 0 Å². The zero-order valence-corrected chi connectivity index (χ0v) is 13.4. The molecule has 108 valence electrons. The number of fused-ring (bicyclic) bond motifs is 1. The number of anilines is 1. The van der Waals surface area contributed by atoms with E-state index in [1.807, 2.05) is 38.1 Å². The maximum Gasteiger partial charge on any atom is 0.234 e. The smallest absolute Gasteiger partial charge is 0.234 e. The predicted octanol–water partition coefficient (Wildman–Crippen LogP) is 4.54. The highest BCUT2D eigenvalue weighted by molar-refractivity contribution is 9.09. The second-order valence-electron chi connectivity index (χ2n) is 5.80. The van der Waals surface area contributed by atoms with E-state index in [2.05, 4.69) is 21.2 Å². The Morgan fingerprint density at radius 1 is 1.14 bits per heavy atom. The molecule has 0 aromatic heterocycles. The van der Waals surface area contributed by atoms with Gasteiger partial charge in [0.15, 0.2) is 0 Å². The number of rotatable bonds is 2. The largest absolute Gasteiger partial charge is 0.325 e. The lowest BCUT2D eigenvalue weighted by Gasteiger charge is -2.17. The van der Waals surface area contributed by atoms with Crippen molar-refractivity contribution < 1.29 is 9.18 Å². The monoisotopic (exact) mass is 347 g/mol. The predicted molar refractivity (Wildman–Crippen MR) is 85.3 cm³/mol. The summed E-state index contributed by atoms with van der Waals surface area (Å²) in [5.41, 5.74) is 3.15. The van der Waals surface area contributed by atoms with E-state index in [1.54, 1.807) is 6.07 Å². The molecule has 1 heterocycles. The van der Waals surface area contributed by atoms with E-state index in [4.69, 9.17) is 0 Å². The first-order chi connectivity index (χ1) is 9.89. The maximum absolute atomic E-state index is 13.4. The highest BCUT2D eigenvalue weighted by Gasteiger charge is 2.38. The molecule has 1 aliphatic rings. The van der Waals surface area contributed by atoms with Crippen LogP contribution >= 0.6 is 15.9 Å². The fraction of sp³-hybridized carbons (Fsp3) is 0.235. The lowest BCUT2D eigenvalue weighted by molar-refractivity contribution is -0.119. The Kier molecular flexibility index (Phi) is 3.36. The molecule has 1 atom stereocenters. The number of hydrogen-bond acceptors (Lipinski definition) is 1. The summed E-state index contributed by atoms with van der Waals surface area (Å²) in [5, 5.41) is 2.89. The van der Waals surface area contributed by atoms with Crippen molar-refractivity contribution in [2.45, 2.75) is 24.1 Å². The van der Waals surface area contributed by atoms with Crippen molar-refractivity contribution >= 4 is 27.5 Å². The van der Waals surface area contributed by atoms with Crippen molar-refractivity contribution in [2.24, 2.45) is 0 Å². The van der Waals surface area contributed by atoms with Gasteiger partial charge in [0.05, 0.1) is 10.2 Å². The van der Waals surface area contributed by atoms with Gasteiger partial charge < -0.3 is 5.32 Å². The van der Waals surface area contributed by atoms with E-state index in [0.29, 0.717) is 0 Å². The summed E-state index contributed by atoms with van der Waals surface area (Å²) >= 11 is 3.62. The number of carbonyl (C=O) groups excluding carboxylic acids is 1. The summed E-state index contributed by atoms with van der Waals surface area (Å²) in [6.45, 7) is 3.81. The standard InChI is InChI=1S/C17H15BrFNO/c1-17(2)13-9-11(6-7-14(13)20-16(17)21)15(18)10-4-3-5-12(19)8-10/h3-9,15H,1-2H3,(H,20,21). The summed E-state index contributed by atoms with van der Waals surface area (Å²) in [6.07, 6.45) is 0. The molecule has 0 radical (unpaired) electrons. The van der Waals surface area contributed by atoms with Gasteiger partial charge >= 0.3 is 0 Å². The van der Waals surface area contributed by atoms with Gasteiger partial charge in [0, 0.05) is 5.69 Å². The Hall–Kier alpha value is -1.68. The van der Waals surface area contributed by atoms with Crippen molar-refractivity contribution in [3.05, 3.63) is 65.0 Å². The Labute approximate surface area is 131 Å². The van der Waals surface area contributed by atoms with Gasteiger partial charge in [0.2, 0.25) is 5.91 Å². The number of halogens is 2. The van der Waals surface area contributed by atoms with Crippen molar-refractivity contribution in [3.8, 4) is 0 Å². The molecular weight excluding hydrogens is 333 g/mol. The van der Waals surface area contributed by atoms with Gasteiger partial charge in [-0.2, -0.15) is 0 Å². The molecule has 2 aromatic carbocycles. The molecule has 0 fully saturated rings. The first-order valence-corrected chi connectivity index (χ1v) is 7.66. The molecule has 0 spiro atoms. The molecular formula is C17H15BrFNO. The Morgan fingerprint density at radius 3 is 2.57 bits per heavy atom. The summed E-state index contributed by atoms with van der Waals surface area (Å²) in [5.74, 6) is -0.248.